The lowest BCUT2D eigenvalue weighted by Crippen LogP contribution is -2.07. The van der Waals surface area contributed by atoms with E-state index in [1.54, 1.807) is 6.07 Å². The van der Waals surface area contributed by atoms with Gasteiger partial charge in [-0.3, -0.25) is 0 Å². The molecular weight excluding hydrogens is 386 g/mol. The molecule has 0 unspecified atom stereocenters. The molecule has 3 aromatic carbocycles. The second-order valence-electron chi connectivity index (χ2n) is 8.35. The van der Waals surface area contributed by atoms with Crippen LogP contribution in [-0.2, 0) is 11.3 Å². The Bertz CT molecular complexity index is 1460. The monoisotopic (exact) mass is 409 g/mol. The fraction of sp³-hybridized carbons (Fsp3) is 0.231. The summed E-state index contributed by atoms with van der Waals surface area (Å²) in [6.45, 7) is 3.62. The first kappa shape index (κ1) is 18.2. The Balaban J connectivity index is 1.39. The molecule has 6 rings (SSSR count). The van der Waals surface area contributed by atoms with Crippen LogP contribution in [0.5, 0.6) is 0 Å². The lowest BCUT2D eigenvalue weighted by molar-refractivity contribution is 0.0486. The molecule has 1 aliphatic rings. The van der Waals surface area contributed by atoms with E-state index in [0.29, 0.717) is 18.1 Å². The molecular formula is C26H23N3O2. The largest absolute Gasteiger partial charge is 0.462 e. The predicted octanol–water partition coefficient (Wildman–Crippen LogP) is 5.92. The van der Waals surface area contributed by atoms with Crippen LogP contribution in [0.2, 0.25) is 0 Å². The minimum Gasteiger partial charge on any atom is -0.462 e. The van der Waals surface area contributed by atoms with Crippen LogP contribution in [0.25, 0.3) is 44.2 Å². The number of benzene rings is 3. The maximum atomic E-state index is 12.3. The zero-order valence-electron chi connectivity index (χ0n) is 17.4. The minimum absolute atomic E-state index is 0.265. The number of esters is 1. The highest BCUT2D eigenvalue weighted by Gasteiger charge is 2.23. The van der Waals surface area contributed by atoms with Gasteiger partial charge in [0, 0.05) is 33.9 Å². The smallest absolute Gasteiger partial charge is 0.338 e. The number of aromatic nitrogens is 3. The third-order valence-corrected chi connectivity index (χ3v) is 6.23. The molecule has 1 N–H and O–H groups in total. The van der Waals surface area contributed by atoms with Crippen LogP contribution in [0.3, 0.4) is 0 Å². The molecule has 5 heteroatoms. The second kappa shape index (κ2) is 6.98. The molecule has 0 bridgehead atoms. The van der Waals surface area contributed by atoms with Crippen molar-refractivity contribution in [3.63, 3.8) is 0 Å². The molecule has 1 saturated carbocycles. The van der Waals surface area contributed by atoms with Gasteiger partial charge in [0.15, 0.2) is 0 Å². The average molecular weight is 409 g/mol. The van der Waals surface area contributed by atoms with Gasteiger partial charge in [0.25, 0.3) is 0 Å². The maximum absolute atomic E-state index is 12.3. The summed E-state index contributed by atoms with van der Waals surface area (Å²) in [7, 11) is 0. The van der Waals surface area contributed by atoms with Gasteiger partial charge < -0.3 is 14.3 Å². The molecule has 5 aromatic rings. The van der Waals surface area contributed by atoms with Gasteiger partial charge in [-0.1, -0.05) is 18.2 Å². The van der Waals surface area contributed by atoms with Crippen molar-refractivity contribution in [2.75, 3.05) is 6.61 Å². The van der Waals surface area contributed by atoms with Crippen LogP contribution in [0.1, 0.15) is 30.1 Å². The summed E-state index contributed by atoms with van der Waals surface area (Å²) in [5.41, 5.74) is 5.74. The maximum Gasteiger partial charge on any atom is 0.338 e. The fourth-order valence-corrected chi connectivity index (χ4v) is 4.38. The molecule has 0 amide bonds. The van der Waals surface area contributed by atoms with E-state index in [4.69, 9.17) is 9.72 Å². The molecule has 0 aliphatic heterocycles. The van der Waals surface area contributed by atoms with E-state index in [-0.39, 0.29) is 5.97 Å². The average Bonchev–Trinajstić information content (AvgIpc) is 3.45. The van der Waals surface area contributed by atoms with E-state index in [2.05, 4.69) is 58.9 Å². The van der Waals surface area contributed by atoms with Crippen molar-refractivity contribution >= 4 is 38.8 Å². The van der Waals surface area contributed by atoms with Crippen molar-refractivity contribution in [1.29, 1.82) is 0 Å². The van der Waals surface area contributed by atoms with Gasteiger partial charge in [0.1, 0.15) is 5.82 Å². The van der Waals surface area contributed by atoms with Gasteiger partial charge in [0.05, 0.1) is 23.2 Å². The number of H-pyrrole nitrogens is 1. The Kier molecular flexibility index (Phi) is 4.10. The number of carbonyl (C=O) groups is 1. The van der Waals surface area contributed by atoms with E-state index in [1.807, 2.05) is 12.1 Å². The Hall–Kier alpha value is -3.60. The molecule has 0 atom stereocenters. The zero-order chi connectivity index (χ0) is 20.9. The fourth-order valence-electron chi connectivity index (χ4n) is 4.38. The number of carbonyl (C=O) groups excluding carboxylic acids is 1. The van der Waals surface area contributed by atoms with Gasteiger partial charge in [-0.15, -0.1) is 0 Å². The number of hydrogen-bond acceptors (Lipinski definition) is 3. The Morgan fingerprint density at radius 2 is 1.90 bits per heavy atom. The van der Waals surface area contributed by atoms with Crippen LogP contribution < -0.4 is 0 Å². The summed E-state index contributed by atoms with van der Waals surface area (Å²) in [6.07, 6.45) is 2.33. The van der Waals surface area contributed by atoms with E-state index in [0.717, 1.165) is 41.8 Å². The highest BCUT2D eigenvalue weighted by atomic mass is 16.5. The van der Waals surface area contributed by atoms with Crippen LogP contribution >= 0.6 is 0 Å². The standard InChI is InChI=1S/C26H23N3O2/c1-2-29-23-6-4-3-5-19(23)20-13-17(10-12-24(20)29)25-27-21-11-9-18(14-22(21)28-25)26(30)31-15-16-7-8-16/h3-6,9-14,16H,2,7-8,15H2,1H3,(H,27,28). The van der Waals surface area contributed by atoms with Gasteiger partial charge in [-0.05, 0) is 68.1 Å². The van der Waals surface area contributed by atoms with E-state index in [1.165, 1.54) is 21.8 Å². The molecule has 0 saturated heterocycles. The van der Waals surface area contributed by atoms with Crippen LogP contribution in [-0.4, -0.2) is 27.1 Å². The number of nitrogens with one attached hydrogen (secondary N) is 1. The first-order valence-corrected chi connectivity index (χ1v) is 10.9. The zero-order valence-corrected chi connectivity index (χ0v) is 17.4. The molecule has 2 aromatic heterocycles. The highest BCUT2D eigenvalue weighted by Crippen LogP contribution is 2.33. The summed E-state index contributed by atoms with van der Waals surface area (Å²) in [6, 6.07) is 20.5. The predicted molar refractivity (Wildman–Crippen MR) is 123 cm³/mol. The van der Waals surface area contributed by atoms with Crippen molar-refractivity contribution in [3.05, 3.63) is 66.2 Å². The van der Waals surface area contributed by atoms with Crippen LogP contribution in [0.4, 0.5) is 0 Å². The van der Waals surface area contributed by atoms with Gasteiger partial charge in [0.2, 0.25) is 0 Å². The molecule has 1 fully saturated rings. The van der Waals surface area contributed by atoms with Crippen LogP contribution in [0, 0.1) is 5.92 Å². The third kappa shape index (κ3) is 3.08. The molecule has 5 nitrogen and oxygen atoms in total. The lowest BCUT2D eigenvalue weighted by atomic mass is 10.1. The van der Waals surface area contributed by atoms with Gasteiger partial charge in [-0.2, -0.15) is 0 Å². The summed E-state index contributed by atoms with van der Waals surface area (Å²) in [5.74, 6) is 1.09. The van der Waals surface area contributed by atoms with Gasteiger partial charge in [-0.25, -0.2) is 9.78 Å². The Labute approximate surface area is 179 Å². The number of imidazole rings is 1. The SMILES string of the molecule is CCn1c2ccccc2c2cc(-c3nc4ccc(C(=O)OCC5CC5)cc4[nH]3)ccc21. The normalized spacial score (nSPS) is 14.0. The first-order valence-electron chi connectivity index (χ1n) is 10.9. The number of rotatable bonds is 5. The molecule has 0 radical (unpaired) electrons. The number of ether oxygens (including phenoxy) is 1. The summed E-state index contributed by atoms with van der Waals surface area (Å²) >= 11 is 0. The third-order valence-electron chi connectivity index (χ3n) is 6.23. The number of para-hydroxylation sites is 1. The van der Waals surface area contributed by atoms with E-state index < -0.39 is 0 Å². The Morgan fingerprint density at radius 3 is 2.74 bits per heavy atom. The summed E-state index contributed by atoms with van der Waals surface area (Å²) < 4.78 is 7.76. The van der Waals surface area contributed by atoms with Crippen molar-refractivity contribution in [2.24, 2.45) is 5.92 Å². The Morgan fingerprint density at radius 1 is 1.06 bits per heavy atom. The topological polar surface area (TPSA) is 59.9 Å². The number of aryl methyl sites for hydroxylation is 1. The molecule has 2 heterocycles. The lowest BCUT2D eigenvalue weighted by Gasteiger charge is -2.03. The number of hydrogen-bond donors (Lipinski definition) is 1. The highest BCUT2D eigenvalue weighted by molar-refractivity contribution is 6.09. The van der Waals surface area contributed by atoms with Crippen molar-refractivity contribution in [2.45, 2.75) is 26.3 Å². The second-order valence-corrected chi connectivity index (χ2v) is 8.35. The number of fused-ring (bicyclic) bond motifs is 4. The molecule has 31 heavy (non-hydrogen) atoms. The number of aromatic amines is 1. The number of nitrogens with zero attached hydrogens (tertiary/aromatic N) is 2. The quantitative estimate of drug-likeness (QED) is 0.366. The van der Waals surface area contributed by atoms with Crippen molar-refractivity contribution in [3.8, 4) is 11.4 Å². The van der Waals surface area contributed by atoms with Gasteiger partial charge >= 0.3 is 5.97 Å². The first-order chi connectivity index (χ1) is 15.2. The van der Waals surface area contributed by atoms with Crippen molar-refractivity contribution < 1.29 is 9.53 Å². The minimum atomic E-state index is -0.265. The summed E-state index contributed by atoms with van der Waals surface area (Å²) in [5, 5.41) is 2.47. The van der Waals surface area contributed by atoms with Crippen molar-refractivity contribution in [1.82, 2.24) is 14.5 Å². The van der Waals surface area contributed by atoms with Crippen LogP contribution in [0.15, 0.2) is 60.7 Å². The van der Waals surface area contributed by atoms with E-state index in [9.17, 15) is 4.79 Å². The van der Waals surface area contributed by atoms with E-state index >= 15 is 0 Å². The molecule has 1 aliphatic carbocycles. The molecule has 154 valence electrons. The molecule has 0 spiro atoms. The summed E-state index contributed by atoms with van der Waals surface area (Å²) in [4.78, 5) is 20.5.